The van der Waals surface area contributed by atoms with Crippen molar-refractivity contribution in [3.05, 3.63) is 28.7 Å². The minimum atomic E-state index is 0.260. The molecule has 1 heterocycles. The molecule has 0 amide bonds. The first-order chi connectivity index (χ1) is 9.19. The summed E-state index contributed by atoms with van der Waals surface area (Å²) in [5.41, 5.74) is 1.00. The van der Waals surface area contributed by atoms with E-state index >= 15 is 0 Å². The topological polar surface area (TPSA) is 39.9 Å². The molecule has 1 aromatic carbocycles. The molecule has 0 aromatic heterocycles. The number of rotatable bonds is 3. The van der Waals surface area contributed by atoms with E-state index in [1.165, 1.54) is 4.90 Å². The number of anilines is 1. The van der Waals surface area contributed by atoms with E-state index in [1.54, 1.807) is 0 Å². The molecule has 2 rings (SSSR count). The number of halogens is 1. The van der Waals surface area contributed by atoms with E-state index in [4.69, 9.17) is 17.3 Å². The van der Waals surface area contributed by atoms with Gasteiger partial charge in [-0.3, -0.25) is 0 Å². The van der Waals surface area contributed by atoms with Crippen LogP contribution in [0, 0.1) is 0 Å². The highest BCUT2D eigenvalue weighted by molar-refractivity contribution is 9.10. The van der Waals surface area contributed by atoms with Gasteiger partial charge in [-0.05, 0) is 30.4 Å². The SMILES string of the molecule is OCC[NH+]1CCN(C(=S)Nc2cccc(Br)c2)CC1. The fourth-order valence-corrected chi connectivity index (χ4v) is 2.90. The van der Waals surface area contributed by atoms with Gasteiger partial charge in [0.2, 0.25) is 0 Å². The molecular weight excluding hydrogens is 326 g/mol. The Bertz CT molecular complexity index is 436. The van der Waals surface area contributed by atoms with Gasteiger partial charge in [0.25, 0.3) is 0 Å². The van der Waals surface area contributed by atoms with Crippen LogP contribution in [0.1, 0.15) is 0 Å². The van der Waals surface area contributed by atoms with Gasteiger partial charge in [0.1, 0.15) is 6.54 Å². The van der Waals surface area contributed by atoms with E-state index in [1.807, 2.05) is 24.3 Å². The third-order valence-electron chi connectivity index (χ3n) is 3.30. The Morgan fingerprint density at radius 1 is 1.42 bits per heavy atom. The lowest BCUT2D eigenvalue weighted by molar-refractivity contribution is -0.904. The Labute approximate surface area is 127 Å². The summed E-state index contributed by atoms with van der Waals surface area (Å²) >= 11 is 8.89. The molecular formula is C13H19BrN3OS+. The zero-order valence-electron chi connectivity index (χ0n) is 10.7. The number of benzene rings is 1. The normalized spacial score (nSPS) is 16.4. The van der Waals surface area contributed by atoms with Crippen molar-refractivity contribution in [2.75, 3.05) is 44.6 Å². The minimum absolute atomic E-state index is 0.260. The summed E-state index contributed by atoms with van der Waals surface area (Å²) in [5, 5.41) is 13.0. The van der Waals surface area contributed by atoms with Gasteiger partial charge in [-0.2, -0.15) is 0 Å². The zero-order chi connectivity index (χ0) is 13.7. The summed E-state index contributed by atoms with van der Waals surface area (Å²) in [5.74, 6) is 0. The number of nitrogens with one attached hydrogen (secondary N) is 2. The van der Waals surface area contributed by atoms with Crippen LogP contribution in [-0.2, 0) is 0 Å². The maximum absolute atomic E-state index is 8.94. The number of aliphatic hydroxyl groups excluding tert-OH is 1. The summed E-state index contributed by atoms with van der Waals surface area (Å²) < 4.78 is 1.04. The summed E-state index contributed by atoms with van der Waals surface area (Å²) in [4.78, 5) is 3.64. The van der Waals surface area contributed by atoms with Gasteiger partial charge in [0.15, 0.2) is 5.11 Å². The monoisotopic (exact) mass is 344 g/mol. The molecule has 0 spiro atoms. The predicted octanol–water partition coefficient (Wildman–Crippen LogP) is 0.339. The molecule has 3 N–H and O–H groups in total. The molecule has 0 saturated carbocycles. The van der Waals surface area contributed by atoms with Gasteiger partial charge >= 0.3 is 0 Å². The average molecular weight is 345 g/mol. The maximum Gasteiger partial charge on any atom is 0.173 e. The molecule has 1 aromatic rings. The van der Waals surface area contributed by atoms with Crippen LogP contribution in [0.15, 0.2) is 28.7 Å². The molecule has 6 heteroatoms. The fraction of sp³-hybridized carbons (Fsp3) is 0.462. The van der Waals surface area contributed by atoms with Gasteiger partial charge in [0, 0.05) is 10.2 Å². The Kier molecular flexibility index (Phi) is 5.57. The number of hydrogen-bond acceptors (Lipinski definition) is 2. The van der Waals surface area contributed by atoms with Crippen LogP contribution >= 0.6 is 28.1 Å². The Morgan fingerprint density at radius 2 is 2.16 bits per heavy atom. The van der Waals surface area contributed by atoms with E-state index in [0.717, 1.165) is 48.0 Å². The second-order valence-corrected chi connectivity index (χ2v) is 5.95. The van der Waals surface area contributed by atoms with E-state index in [0.29, 0.717) is 0 Å². The molecule has 1 saturated heterocycles. The fourth-order valence-electron chi connectivity index (χ4n) is 2.20. The van der Waals surface area contributed by atoms with Crippen molar-refractivity contribution in [3.63, 3.8) is 0 Å². The first-order valence-corrected chi connectivity index (χ1v) is 7.65. The number of hydrogen-bond donors (Lipinski definition) is 3. The summed E-state index contributed by atoms with van der Waals surface area (Å²) in [6.07, 6.45) is 0. The number of quaternary nitrogens is 1. The first kappa shape index (κ1) is 14.7. The third-order valence-corrected chi connectivity index (χ3v) is 4.15. The zero-order valence-corrected chi connectivity index (χ0v) is 13.1. The van der Waals surface area contributed by atoms with Crippen molar-refractivity contribution >= 4 is 38.9 Å². The van der Waals surface area contributed by atoms with Crippen molar-refractivity contribution in [2.45, 2.75) is 0 Å². The van der Waals surface area contributed by atoms with Gasteiger partial charge in [-0.1, -0.05) is 22.0 Å². The molecule has 0 radical (unpaired) electrons. The van der Waals surface area contributed by atoms with Crippen LogP contribution in [0.3, 0.4) is 0 Å². The van der Waals surface area contributed by atoms with Crippen LogP contribution < -0.4 is 10.2 Å². The van der Waals surface area contributed by atoms with E-state index in [-0.39, 0.29) is 6.61 Å². The Morgan fingerprint density at radius 3 is 2.79 bits per heavy atom. The minimum Gasteiger partial charge on any atom is -0.391 e. The number of aliphatic hydroxyl groups is 1. The molecule has 19 heavy (non-hydrogen) atoms. The predicted molar refractivity (Wildman–Crippen MR) is 84.6 cm³/mol. The Hall–Kier alpha value is -0.690. The van der Waals surface area contributed by atoms with Gasteiger partial charge in [0.05, 0.1) is 32.8 Å². The second kappa shape index (κ2) is 7.19. The molecule has 0 atom stereocenters. The maximum atomic E-state index is 8.94. The van der Waals surface area contributed by atoms with Crippen LogP contribution in [0.2, 0.25) is 0 Å². The largest absolute Gasteiger partial charge is 0.391 e. The molecule has 0 bridgehead atoms. The van der Waals surface area contributed by atoms with Gasteiger partial charge in [-0.25, -0.2) is 0 Å². The quantitative estimate of drug-likeness (QED) is 0.691. The molecule has 0 aliphatic carbocycles. The van der Waals surface area contributed by atoms with Crippen molar-refractivity contribution in [1.29, 1.82) is 0 Å². The third kappa shape index (κ3) is 4.42. The van der Waals surface area contributed by atoms with E-state index in [2.05, 4.69) is 26.1 Å². The van der Waals surface area contributed by atoms with Crippen LogP contribution in [0.25, 0.3) is 0 Å². The molecule has 0 unspecified atom stereocenters. The number of nitrogens with zero attached hydrogens (tertiary/aromatic N) is 1. The van der Waals surface area contributed by atoms with E-state index < -0.39 is 0 Å². The molecule has 1 aliphatic heterocycles. The summed E-state index contributed by atoms with van der Waals surface area (Å²) in [6, 6.07) is 7.99. The standard InChI is InChI=1S/C13H18BrN3OS/c14-11-2-1-3-12(10-11)15-13(19)17-6-4-16(5-7-17)8-9-18/h1-3,10,18H,4-9H2,(H,15,19)/p+1. The first-order valence-electron chi connectivity index (χ1n) is 6.45. The van der Waals surface area contributed by atoms with Crippen molar-refractivity contribution < 1.29 is 10.0 Å². The summed E-state index contributed by atoms with van der Waals surface area (Å²) in [6.45, 7) is 5.03. The van der Waals surface area contributed by atoms with Crippen molar-refractivity contribution in [1.82, 2.24) is 4.90 Å². The van der Waals surface area contributed by atoms with E-state index in [9.17, 15) is 0 Å². The van der Waals surface area contributed by atoms with Gasteiger partial charge in [-0.15, -0.1) is 0 Å². The lowest BCUT2D eigenvalue weighted by Crippen LogP contribution is -3.15. The van der Waals surface area contributed by atoms with Crippen molar-refractivity contribution in [3.8, 4) is 0 Å². The van der Waals surface area contributed by atoms with Gasteiger partial charge < -0.3 is 20.2 Å². The summed E-state index contributed by atoms with van der Waals surface area (Å²) in [7, 11) is 0. The van der Waals surface area contributed by atoms with Crippen LogP contribution in [0.5, 0.6) is 0 Å². The highest BCUT2D eigenvalue weighted by Crippen LogP contribution is 2.16. The number of thiocarbonyl (C=S) groups is 1. The Balaban J connectivity index is 1.84. The highest BCUT2D eigenvalue weighted by atomic mass is 79.9. The van der Waals surface area contributed by atoms with Crippen LogP contribution in [-0.4, -0.2) is 54.4 Å². The van der Waals surface area contributed by atoms with Crippen LogP contribution in [0.4, 0.5) is 5.69 Å². The lowest BCUT2D eigenvalue weighted by Gasteiger charge is -2.33. The number of piperazine rings is 1. The second-order valence-electron chi connectivity index (χ2n) is 4.65. The molecule has 1 aliphatic rings. The smallest absolute Gasteiger partial charge is 0.173 e. The average Bonchev–Trinajstić information content (AvgIpc) is 2.40. The molecule has 4 nitrogen and oxygen atoms in total. The molecule has 104 valence electrons. The lowest BCUT2D eigenvalue weighted by atomic mass is 10.3. The highest BCUT2D eigenvalue weighted by Gasteiger charge is 2.21. The van der Waals surface area contributed by atoms with Crippen molar-refractivity contribution in [2.24, 2.45) is 0 Å². The molecule has 1 fully saturated rings.